The fourth-order valence-electron chi connectivity index (χ4n) is 2.09. The average molecular weight is 280 g/mol. The summed E-state index contributed by atoms with van der Waals surface area (Å²) in [5, 5.41) is 9.07. The quantitative estimate of drug-likeness (QED) is 0.788. The maximum Gasteiger partial charge on any atom is 0.324 e. The normalized spacial score (nSPS) is 15.7. The zero-order valence-electron chi connectivity index (χ0n) is 12.6. The lowest BCUT2D eigenvalue weighted by atomic mass is 10.0. The number of carbonyl (C=O) groups is 1. The van der Waals surface area contributed by atoms with Crippen molar-refractivity contribution in [3.8, 4) is 5.75 Å². The summed E-state index contributed by atoms with van der Waals surface area (Å²) < 4.78 is 5.33. The van der Waals surface area contributed by atoms with Crippen LogP contribution in [0.1, 0.15) is 19.4 Å². The van der Waals surface area contributed by atoms with E-state index in [0.29, 0.717) is 6.54 Å². The van der Waals surface area contributed by atoms with Crippen molar-refractivity contribution in [1.82, 2.24) is 4.90 Å². The Balaban J connectivity index is 2.71. The van der Waals surface area contributed by atoms with Crippen molar-refractivity contribution in [2.75, 3.05) is 20.7 Å². The zero-order valence-corrected chi connectivity index (χ0v) is 12.6. The van der Waals surface area contributed by atoms with Crippen molar-refractivity contribution in [2.24, 2.45) is 5.73 Å². The molecule has 5 heteroatoms. The van der Waals surface area contributed by atoms with Crippen LogP contribution in [0.3, 0.4) is 0 Å². The van der Waals surface area contributed by atoms with Gasteiger partial charge in [0.15, 0.2) is 0 Å². The molecule has 1 aromatic carbocycles. The van der Waals surface area contributed by atoms with Gasteiger partial charge in [0, 0.05) is 12.6 Å². The number of methoxy groups -OCH3 is 1. The van der Waals surface area contributed by atoms with Gasteiger partial charge in [-0.2, -0.15) is 0 Å². The first-order valence-electron chi connectivity index (χ1n) is 6.62. The lowest BCUT2D eigenvalue weighted by Gasteiger charge is -2.31. The molecule has 2 unspecified atom stereocenters. The van der Waals surface area contributed by atoms with Crippen LogP contribution >= 0.6 is 0 Å². The van der Waals surface area contributed by atoms with Crippen LogP contribution in [-0.4, -0.2) is 48.3 Å². The summed E-state index contributed by atoms with van der Waals surface area (Å²) in [4.78, 5) is 13.0. The van der Waals surface area contributed by atoms with Crippen LogP contribution in [0.5, 0.6) is 5.75 Å². The van der Waals surface area contributed by atoms with E-state index >= 15 is 0 Å². The van der Waals surface area contributed by atoms with E-state index in [1.165, 1.54) is 6.92 Å². The van der Waals surface area contributed by atoms with Gasteiger partial charge < -0.3 is 20.5 Å². The molecule has 0 radical (unpaired) electrons. The average Bonchev–Trinajstić information content (AvgIpc) is 2.38. The molecule has 0 aromatic heterocycles. The first-order valence-corrected chi connectivity index (χ1v) is 6.62. The van der Waals surface area contributed by atoms with Crippen molar-refractivity contribution in [3.05, 3.63) is 29.8 Å². The highest BCUT2D eigenvalue weighted by atomic mass is 16.5. The molecule has 20 heavy (non-hydrogen) atoms. The van der Waals surface area contributed by atoms with Crippen molar-refractivity contribution in [2.45, 2.75) is 31.8 Å². The van der Waals surface area contributed by atoms with E-state index in [0.717, 1.165) is 17.7 Å². The predicted molar refractivity (Wildman–Crippen MR) is 79.0 cm³/mol. The molecule has 0 spiro atoms. The number of ether oxygens (including phenoxy) is 1. The third kappa shape index (κ3) is 4.21. The van der Waals surface area contributed by atoms with Gasteiger partial charge in [-0.05, 0) is 38.9 Å². The number of hydrogen-bond acceptors (Lipinski definition) is 4. The number of benzene rings is 1. The van der Waals surface area contributed by atoms with Gasteiger partial charge in [-0.25, -0.2) is 0 Å². The molecule has 112 valence electrons. The Morgan fingerprint density at radius 1 is 1.50 bits per heavy atom. The molecule has 0 aliphatic heterocycles. The summed E-state index contributed by atoms with van der Waals surface area (Å²) in [5.41, 5.74) is 5.64. The monoisotopic (exact) mass is 280 g/mol. The lowest BCUT2D eigenvalue weighted by Crippen LogP contribution is -2.54. The molecule has 0 bridgehead atoms. The van der Waals surface area contributed by atoms with Crippen molar-refractivity contribution < 1.29 is 14.6 Å². The van der Waals surface area contributed by atoms with Gasteiger partial charge in [0.1, 0.15) is 11.3 Å². The molecule has 0 fully saturated rings. The summed E-state index contributed by atoms with van der Waals surface area (Å²) in [7, 11) is 3.53. The lowest BCUT2D eigenvalue weighted by molar-refractivity contribution is -0.143. The SMILES string of the molecule is COc1ccccc1CC(C)N(C)CC(C)(N)C(=O)O. The summed E-state index contributed by atoms with van der Waals surface area (Å²) in [6.45, 7) is 3.87. The summed E-state index contributed by atoms with van der Waals surface area (Å²) in [6, 6.07) is 8.00. The molecule has 0 saturated heterocycles. The number of rotatable bonds is 7. The molecule has 0 aliphatic carbocycles. The van der Waals surface area contributed by atoms with Crippen LogP contribution in [0.2, 0.25) is 0 Å². The molecule has 0 saturated carbocycles. The maximum absolute atomic E-state index is 11.1. The van der Waals surface area contributed by atoms with E-state index in [4.69, 9.17) is 15.6 Å². The predicted octanol–water partition coefficient (Wildman–Crippen LogP) is 1.36. The van der Waals surface area contributed by atoms with Crippen LogP contribution < -0.4 is 10.5 Å². The zero-order chi connectivity index (χ0) is 15.3. The van der Waals surface area contributed by atoms with Crippen LogP contribution in [-0.2, 0) is 11.2 Å². The Labute approximate surface area is 120 Å². The maximum atomic E-state index is 11.1. The minimum atomic E-state index is -1.25. The molecule has 5 nitrogen and oxygen atoms in total. The number of para-hydroxylation sites is 1. The van der Waals surface area contributed by atoms with Crippen LogP contribution in [0.15, 0.2) is 24.3 Å². The van der Waals surface area contributed by atoms with E-state index in [2.05, 4.69) is 0 Å². The smallest absolute Gasteiger partial charge is 0.324 e. The standard InChI is InChI=1S/C15H24N2O3/c1-11(17(3)10-15(2,16)14(18)19)9-12-7-5-6-8-13(12)20-4/h5-8,11H,9-10,16H2,1-4H3,(H,18,19). The van der Waals surface area contributed by atoms with Gasteiger partial charge in [0.25, 0.3) is 0 Å². The molecule has 3 N–H and O–H groups in total. The van der Waals surface area contributed by atoms with Crippen LogP contribution in [0.4, 0.5) is 0 Å². The highest BCUT2D eigenvalue weighted by Crippen LogP contribution is 2.20. The van der Waals surface area contributed by atoms with Crippen LogP contribution in [0.25, 0.3) is 0 Å². The molecule has 1 aromatic rings. The minimum absolute atomic E-state index is 0.161. The second kappa shape index (κ2) is 6.72. The second-order valence-corrected chi connectivity index (χ2v) is 5.50. The van der Waals surface area contributed by atoms with Crippen molar-refractivity contribution in [3.63, 3.8) is 0 Å². The Morgan fingerprint density at radius 3 is 2.65 bits per heavy atom. The summed E-state index contributed by atoms with van der Waals surface area (Å²) >= 11 is 0. The van der Waals surface area contributed by atoms with Gasteiger partial charge >= 0.3 is 5.97 Å². The van der Waals surface area contributed by atoms with Crippen molar-refractivity contribution >= 4 is 5.97 Å². The Bertz CT molecular complexity index is 460. The number of nitrogens with zero attached hydrogens (tertiary/aromatic N) is 1. The second-order valence-electron chi connectivity index (χ2n) is 5.50. The first kappa shape index (κ1) is 16.5. The summed E-state index contributed by atoms with van der Waals surface area (Å²) in [6.07, 6.45) is 0.774. The van der Waals surface area contributed by atoms with E-state index in [9.17, 15) is 4.79 Å². The van der Waals surface area contributed by atoms with Gasteiger partial charge in [-0.3, -0.25) is 4.79 Å². The number of aliphatic carboxylic acids is 1. The number of carboxylic acid groups (broad SMARTS) is 1. The topological polar surface area (TPSA) is 75.8 Å². The third-order valence-corrected chi connectivity index (χ3v) is 3.53. The summed E-state index contributed by atoms with van der Waals surface area (Å²) in [5.74, 6) is -0.143. The molecule has 0 amide bonds. The number of hydrogen-bond donors (Lipinski definition) is 2. The Morgan fingerprint density at radius 2 is 2.10 bits per heavy atom. The fraction of sp³-hybridized carbons (Fsp3) is 0.533. The molecule has 1 rings (SSSR count). The number of carboxylic acids is 1. The van der Waals surface area contributed by atoms with Gasteiger partial charge in [0.2, 0.25) is 0 Å². The number of nitrogens with two attached hydrogens (primary N) is 1. The van der Waals surface area contributed by atoms with E-state index < -0.39 is 11.5 Å². The van der Waals surface area contributed by atoms with Gasteiger partial charge in [-0.1, -0.05) is 18.2 Å². The first-order chi connectivity index (χ1) is 9.27. The van der Waals surface area contributed by atoms with Gasteiger partial charge in [0.05, 0.1) is 7.11 Å². The molecule has 0 heterocycles. The van der Waals surface area contributed by atoms with Crippen LogP contribution in [0, 0.1) is 0 Å². The van der Waals surface area contributed by atoms with E-state index in [-0.39, 0.29) is 6.04 Å². The number of likely N-dealkylation sites (N-methyl/N-ethyl adjacent to an activating group) is 1. The Kier molecular flexibility index (Phi) is 5.53. The molecular formula is C15H24N2O3. The Hall–Kier alpha value is -1.59. The van der Waals surface area contributed by atoms with E-state index in [1.54, 1.807) is 7.11 Å². The highest BCUT2D eigenvalue weighted by Gasteiger charge is 2.30. The van der Waals surface area contributed by atoms with Crippen molar-refractivity contribution in [1.29, 1.82) is 0 Å². The minimum Gasteiger partial charge on any atom is -0.496 e. The third-order valence-electron chi connectivity index (χ3n) is 3.53. The van der Waals surface area contributed by atoms with Gasteiger partial charge in [-0.15, -0.1) is 0 Å². The fourth-order valence-corrected chi connectivity index (χ4v) is 2.09. The van der Waals surface area contributed by atoms with E-state index in [1.807, 2.05) is 43.1 Å². The molecule has 0 aliphatic rings. The molecule has 2 atom stereocenters. The highest BCUT2D eigenvalue weighted by molar-refractivity contribution is 5.78. The molecular weight excluding hydrogens is 256 g/mol. The largest absolute Gasteiger partial charge is 0.496 e.